The number of hydrogen-bond donors (Lipinski definition) is 0. The molecule has 4 nitrogen and oxygen atoms in total. The maximum Gasteiger partial charge on any atom is 0.227 e. The SMILES string of the molecule is O=C(Cc1cnn2ccccc12)N1CC=C(c2ccccc2)C1. The zero-order valence-corrected chi connectivity index (χ0v) is 12.7. The number of carbonyl (C=O) groups is 1. The van der Waals surface area contributed by atoms with Crippen molar-refractivity contribution in [1.29, 1.82) is 0 Å². The summed E-state index contributed by atoms with van der Waals surface area (Å²) in [6, 6.07) is 16.1. The van der Waals surface area contributed by atoms with Gasteiger partial charge >= 0.3 is 0 Å². The van der Waals surface area contributed by atoms with Gasteiger partial charge in [-0.15, -0.1) is 0 Å². The summed E-state index contributed by atoms with van der Waals surface area (Å²) in [6.45, 7) is 1.37. The third kappa shape index (κ3) is 2.63. The molecule has 0 unspecified atom stereocenters. The Hall–Kier alpha value is -2.88. The van der Waals surface area contributed by atoms with E-state index in [0.29, 0.717) is 19.5 Å². The van der Waals surface area contributed by atoms with Gasteiger partial charge in [-0.05, 0) is 23.3 Å². The van der Waals surface area contributed by atoms with Crippen molar-refractivity contribution in [3.8, 4) is 0 Å². The quantitative estimate of drug-likeness (QED) is 0.746. The molecule has 0 N–H and O–H groups in total. The number of nitrogens with zero attached hydrogens (tertiary/aromatic N) is 3. The van der Waals surface area contributed by atoms with Crippen molar-refractivity contribution in [2.24, 2.45) is 0 Å². The van der Waals surface area contributed by atoms with Crippen LogP contribution in [0, 0.1) is 0 Å². The number of pyridine rings is 1. The molecule has 0 radical (unpaired) electrons. The third-order valence-corrected chi connectivity index (χ3v) is 4.26. The van der Waals surface area contributed by atoms with E-state index >= 15 is 0 Å². The maximum atomic E-state index is 12.6. The monoisotopic (exact) mass is 303 g/mol. The fourth-order valence-corrected chi connectivity index (χ4v) is 3.00. The summed E-state index contributed by atoms with van der Waals surface area (Å²) in [5.74, 6) is 0.144. The molecule has 0 saturated carbocycles. The van der Waals surface area contributed by atoms with Crippen LogP contribution >= 0.6 is 0 Å². The lowest BCUT2D eigenvalue weighted by Crippen LogP contribution is -2.30. The predicted molar refractivity (Wildman–Crippen MR) is 89.9 cm³/mol. The lowest BCUT2D eigenvalue weighted by molar-refractivity contribution is -0.129. The van der Waals surface area contributed by atoms with E-state index in [1.807, 2.05) is 47.5 Å². The van der Waals surface area contributed by atoms with Crippen LogP contribution in [0.15, 0.2) is 67.0 Å². The van der Waals surface area contributed by atoms with Gasteiger partial charge in [-0.1, -0.05) is 42.5 Å². The van der Waals surface area contributed by atoms with E-state index in [9.17, 15) is 4.79 Å². The molecule has 1 aliphatic heterocycles. The average Bonchev–Trinajstić information content (AvgIpc) is 3.24. The number of rotatable bonds is 3. The second-order valence-electron chi connectivity index (χ2n) is 5.75. The van der Waals surface area contributed by atoms with Crippen molar-refractivity contribution < 1.29 is 4.79 Å². The number of aromatic nitrogens is 2. The molecular weight excluding hydrogens is 286 g/mol. The summed E-state index contributed by atoms with van der Waals surface area (Å²) in [7, 11) is 0. The molecule has 4 heteroatoms. The van der Waals surface area contributed by atoms with Crippen LogP contribution in [0.5, 0.6) is 0 Å². The van der Waals surface area contributed by atoms with Crippen molar-refractivity contribution >= 4 is 17.0 Å². The minimum absolute atomic E-state index is 0.144. The lowest BCUT2D eigenvalue weighted by Gasteiger charge is -2.16. The van der Waals surface area contributed by atoms with Gasteiger partial charge in [-0.3, -0.25) is 4.79 Å². The Balaban J connectivity index is 1.47. The second kappa shape index (κ2) is 5.72. The normalized spacial score (nSPS) is 14.3. The fourth-order valence-electron chi connectivity index (χ4n) is 3.00. The van der Waals surface area contributed by atoms with Crippen molar-refractivity contribution in [1.82, 2.24) is 14.5 Å². The molecule has 3 heterocycles. The molecule has 4 rings (SSSR count). The first-order chi connectivity index (χ1) is 11.3. The molecule has 0 saturated heterocycles. The summed E-state index contributed by atoms with van der Waals surface area (Å²) in [5.41, 5.74) is 4.39. The molecule has 2 aromatic heterocycles. The molecule has 0 aliphatic carbocycles. The highest BCUT2D eigenvalue weighted by atomic mass is 16.2. The van der Waals surface area contributed by atoms with Gasteiger partial charge in [0.2, 0.25) is 5.91 Å². The molecule has 0 atom stereocenters. The van der Waals surface area contributed by atoms with Crippen molar-refractivity contribution in [2.75, 3.05) is 13.1 Å². The number of amides is 1. The van der Waals surface area contributed by atoms with Crippen LogP contribution in [-0.4, -0.2) is 33.5 Å². The molecule has 0 fully saturated rings. The van der Waals surface area contributed by atoms with Gasteiger partial charge in [0.05, 0.1) is 18.1 Å². The Labute approximate surface area is 134 Å². The van der Waals surface area contributed by atoms with Crippen LogP contribution in [-0.2, 0) is 11.2 Å². The first kappa shape index (κ1) is 13.8. The Bertz CT molecular complexity index is 880. The fraction of sp³-hybridized carbons (Fsp3) is 0.158. The molecule has 1 aromatic carbocycles. The van der Waals surface area contributed by atoms with Crippen LogP contribution in [0.25, 0.3) is 11.1 Å². The Kier molecular flexibility index (Phi) is 3.42. The van der Waals surface area contributed by atoms with E-state index in [0.717, 1.165) is 11.1 Å². The van der Waals surface area contributed by atoms with Gasteiger partial charge in [0.1, 0.15) is 0 Å². The van der Waals surface area contributed by atoms with E-state index in [-0.39, 0.29) is 5.91 Å². The smallest absolute Gasteiger partial charge is 0.227 e. The number of hydrogen-bond acceptors (Lipinski definition) is 2. The largest absolute Gasteiger partial charge is 0.334 e. The summed E-state index contributed by atoms with van der Waals surface area (Å²) >= 11 is 0. The van der Waals surface area contributed by atoms with Gasteiger partial charge in [-0.2, -0.15) is 5.10 Å². The molecule has 23 heavy (non-hydrogen) atoms. The van der Waals surface area contributed by atoms with Crippen LogP contribution in [0.1, 0.15) is 11.1 Å². The van der Waals surface area contributed by atoms with Crippen LogP contribution in [0.2, 0.25) is 0 Å². The van der Waals surface area contributed by atoms with Gasteiger partial charge in [0, 0.05) is 24.8 Å². The molecule has 114 valence electrons. The van der Waals surface area contributed by atoms with E-state index in [2.05, 4.69) is 23.3 Å². The lowest BCUT2D eigenvalue weighted by atomic mass is 10.1. The van der Waals surface area contributed by atoms with Crippen molar-refractivity contribution in [2.45, 2.75) is 6.42 Å². The van der Waals surface area contributed by atoms with E-state index in [1.54, 1.807) is 10.7 Å². The number of benzene rings is 1. The molecule has 0 bridgehead atoms. The molecule has 1 aliphatic rings. The predicted octanol–water partition coefficient (Wildman–Crippen LogP) is 2.80. The first-order valence-corrected chi connectivity index (χ1v) is 7.75. The van der Waals surface area contributed by atoms with Crippen molar-refractivity contribution in [3.05, 3.63) is 78.1 Å². The van der Waals surface area contributed by atoms with Gasteiger partial charge in [0.15, 0.2) is 0 Å². The molecule has 3 aromatic rings. The molecule has 1 amide bonds. The number of carbonyl (C=O) groups excluding carboxylic acids is 1. The van der Waals surface area contributed by atoms with E-state index in [4.69, 9.17) is 0 Å². The highest BCUT2D eigenvalue weighted by molar-refractivity contribution is 5.85. The van der Waals surface area contributed by atoms with E-state index in [1.165, 1.54) is 11.1 Å². The zero-order valence-electron chi connectivity index (χ0n) is 12.7. The minimum Gasteiger partial charge on any atom is -0.334 e. The van der Waals surface area contributed by atoms with Gasteiger partial charge < -0.3 is 4.90 Å². The van der Waals surface area contributed by atoms with E-state index < -0.39 is 0 Å². The van der Waals surface area contributed by atoms with Crippen molar-refractivity contribution in [3.63, 3.8) is 0 Å². The Morgan fingerprint density at radius 2 is 1.91 bits per heavy atom. The van der Waals surface area contributed by atoms with Crippen LogP contribution in [0.4, 0.5) is 0 Å². The summed E-state index contributed by atoms with van der Waals surface area (Å²) in [5, 5.41) is 4.29. The molecular formula is C19H17N3O. The van der Waals surface area contributed by atoms with Gasteiger partial charge in [0.25, 0.3) is 0 Å². The Morgan fingerprint density at radius 1 is 1.09 bits per heavy atom. The highest BCUT2D eigenvalue weighted by Gasteiger charge is 2.21. The Morgan fingerprint density at radius 3 is 2.78 bits per heavy atom. The minimum atomic E-state index is 0.144. The standard InChI is InChI=1S/C19H17N3O/c23-19(12-17-13-20-22-10-5-4-8-18(17)22)21-11-9-16(14-21)15-6-2-1-3-7-15/h1-10,13H,11-12,14H2. The van der Waals surface area contributed by atoms with Crippen LogP contribution < -0.4 is 0 Å². The maximum absolute atomic E-state index is 12.6. The topological polar surface area (TPSA) is 37.6 Å². The summed E-state index contributed by atoms with van der Waals surface area (Å²) < 4.78 is 1.81. The second-order valence-corrected chi connectivity index (χ2v) is 5.75. The summed E-state index contributed by atoms with van der Waals surface area (Å²) in [6.07, 6.45) is 6.22. The first-order valence-electron chi connectivity index (χ1n) is 7.75. The number of fused-ring (bicyclic) bond motifs is 1. The van der Waals surface area contributed by atoms with Crippen LogP contribution in [0.3, 0.4) is 0 Å². The summed E-state index contributed by atoms with van der Waals surface area (Å²) in [4.78, 5) is 14.5. The average molecular weight is 303 g/mol. The zero-order chi connectivity index (χ0) is 15.6. The van der Waals surface area contributed by atoms with Gasteiger partial charge in [-0.25, -0.2) is 4.52 Å². The molecule has 0 spiro atoms. The highest BCUT2D eigenvalue weighted by Crippen LogP contribution is 2.22. The third-order valence-electron chi connectivity index (χ3n) is 4.26.